The van der Waals surface area contributed by atoms with Gasteiger partial charge in [0, 0.05) is 46.8 Å². The Bertz CT molecular complexity index is 1390. The molecule has 4 heterocycles. The summed E-state index contributed by atoms with van der Waals surface area (Å²) in [5.74, 6) is -0.121. The van der Waals surface area contributed by atoms with Gasteiger partial charge in [-0.2, -0.15) is 0 Å². The molecular weight excluding hydrogens is 484 g/mol. The van der Waals surface area contributed by atoms with E-state index in [0.29, 0.717) is 12.0 Å². The van der Waals surface area contributed by atoms with Crippen LogP contribution in [0, 0.1) is 6.92 Å². The van der Waals surface area contributed by atoms with Gasteiger partial charge in [0.05, 0.1) is 12.1 Å². The highest BCUT2D eigenvalue weighted by atomic mass is 16.2. The van der Waals surface area contributed by atoms with E-state index in [1.54, 1.807) is 12.2 Å². The minimum Gasteiger partial charge on any atom is -0.358 e. The lowest BCUT2D eigenvalue weighted by atomic mass is 9.92. The molecular formula is C33H42N4O2. The predicted molar refractivity (Wildman–Crippen MR) is 161 cm³/mol. The van der Waals surface area contributed by atoms with Gasteiger partial charge in [-0.3, -0.25) is 14.6 Å². The lowest BCUT2D eigenvalue weighted by molar-refractivity contribution is -0.117. The second kappa shape index (κ2) is 11.6. The molecule has 0 saturated carbocycles. The smallest absolute Gasteiger partial charge is 0.255 e. The lowest BCUT2D eigenvalue weighted by Gasteiger charge is -2.14. The van der Waals surface area contributed by atoms with Gasteiger partial charge >= 0.3 is 0 Å². The third-order valence-electron chi connectivity index (χ3n) is 8.42. The van der Waals surface area contributed by atoms with Gasteiger partial charge in [0.25, 0.3) is 5.91 Å². The molecule has 0 spiro atoms. The molecule has 0 saturated heterocycles. The first-order chi connectivity index (χ1) is 18.6. The third-order valence-corrected chi connectivity index (χ3v) is 8.42. The summed E-state index contributed by atoms with van der Waals surface area (Å²) in [5, 5.41) is 6.09. The molecule has 0 bridgehead atoms. The van der Waals surface area contributed by atoms with Crippen molar-refractivity contribution in [2.45, 2.75) is 92.2 Å². The van der Waals surface area contributed by atoms with E-state index >= 15 is 0 Å². The van der Waals surface area contributed by atoms with Crippen molar-refractivity contribution in [1.29, 1.82) is 0 Å². The lowest BCUT2D eigenvalue weighted by Crippen LogP contribution is -2.30. The predicted octanol–water partition coefficient (Wildman–Crippen LogP) is 6.12. The molecule has 39 heavy (non-hydrogen) atoms. The van der Waals surface area contributed by atoms with Crippen molar-refractivity contribution in [2.24, 2.45) is 4.99 Å². The summed E-state index contributed by atoms with van der Waals surface area (Å²) in [6.07, 6.45) is 11.0. The average molecular weight is 527 g/mol. The van der Waals surface area contributed by atoms with E-state index < -0.39 is 0 Å². The SMILES string of the molecule is C=CC1=C(C)C(=Cc2[nH]c(CC3N=C(CC4NC(=O)C(C)=C4C=C)C(C)=C3CCC)c(CCC)c2C)NC1=O. The van der Waals surface area contributed by atoms with Gasteiger partial charge in [-0.1, -0.05) is 52.0 Å². The molecule has 0 fully saturated rings. The number of aromatic nitrogens is 1. The Kier molecular flexibility index (Phi) is 8.43. The number of nitrogens with zero attached hydrogens (tertiary/aromatic N) is 1. The fourth-order valence-corrected chi connectivity index (χ4v) is 6.14. The molecule has 0 radical (unpaired) electrons. The number of aromatic amines is 1. The van der Waals surface area contributed by atoms with Crippen LogP contribution in [0.15, 0.2) is 69.4 Å². The maximum atomic E-state index is 12.3. The Morgan fingerprint density at radius 2 is 1.62 bits per heavy atom. The van der Waals surface area contributed by atoms with Crippen molar-refractivity contribution in [3.05, 3.63) is 87.0 Å². The summed E-state index contributed by atoms with van der Waals surface area (Å²) < 4.78 is 0. The largest absolute Gasteiger partial charge is 0.358 e. The number of allylic oxidation sites excluding steroid dienone is 2. The number of hydrogen-bond acceptors (Lipinski definition) is 3. The van der Waals surface area contributed by atoms with Crippen LogP contribution in [0.3, 0.4) is 0 Å². The molecule has 3 aliphatic rings. The quantitative estimate of drug-likeness (QED) is 0.324. The van der Waals surface area contributed by atoms with Crippen molar-refractivity contribution in [3.8, 4) is 0 Å². The van der Waals surface area contributed by atoms with Crippen molar-refractivity contribution in [1.82, 2.24) is 15.6 Å². The molecule has 6 nitrogen and oxygen atoms in total. The molecule has 2 amide bonds. The van der Waals surface area contributed by atoms with E-state index in [1.807, 2.05) is 19.9 Å². The molecule has 3 N–H and O–H groups in total. The van der Waals surface area contributed by atoms with Crippen LogP contribution < -0.4 is 10.6 Å². The minimum atomic E-state index is -0.104. The fraction of sp³-hybridized carbons (Fsp3) is 0.424. The Balaban J connectivity index is 1.66. The van der Waals surface area contributed by atoms with E-state index in [9.17, 15) is 9.59 Å². The molecule has 0 aliphatic carbocycles. The van der Waals surface area contributed by atoms with Gasteiger partial charge in [0.2, 0.25) is 5.91 Å². The minimum absolute atomic E-state index is 0.0167. The molecule has 0 aromatic carbocycles. The van der Waals surface area contributed by atoms with Gasteiger partial charge in [-0.05, 0) is 80.0 Å². The van der Waals surface area contributed by atoms with Crippen molar-refractivity contribution >= 4 is 23.6 Å². The molecule has 6 heteroatoms. The van der Waals surface area contributed by atoms with Crippen LogP contribution in [0.1, 0.15) is 82.8 Å². The zero-order valence-corrected chi connectivity index (χ0v) is 24.3. The Morgan fingerprint density at radius 1 is 0.897 bits per heavy atom. The van der Waals surface area contributed by atoms with Crippen molar-refractivity contribution < 1.29 is 9.59 Å². The molecule has 1 aromatic rings. The van der Waals surface area contributed by atoms with Gasteiger partial charge in [-0.15, -0.1) is 0 Å². The zero-order chi connectivity index (χ0) is 28.4. The highest BCUT2D eigenvalue weighted by Crippen LogP contribution is 2.34. The van der Waals surface area contributed by atoms with Gasteiger partial charge in [-0.25, -0.2) is 0 Å². The Labute approximate surface area is 232 Å². The van der Waals surface area contributed by atoms with E-state index in [0.717, 1.165) is 65.9 Å². The van der Waals surface area contributed by atoms with Gasteiger partial charge in [0.1, 0.15) is 0 Å². The monoisotopic (exact) mass is 526 g/mol. The summed E-state index contributed by atoms with van der Waals surface area (Å²) >= 11 is 0. The van der Waals surface area contributed by atoms with Gasteiger partial charge in [0.15, 0.2) is 0 Å². The highest BCUT2D eigenvalue weighted by Gasteiger charge is 2.32. The maximum Gasteiger partial charge on any atom is 0.255 e. The molecule has 2 unspecified atom stereocenters. The third kappa shape index (κ3) is 5.29. The van der Waals surface area contributed by atoms with E-state index in [-0.39, 0.29) is 23.9 Å². The van der Waals surface area contributed by atoms with Crippen LogP contribution in [0.4, 0.5) is 0 Å². The second-order valence-electron chi connectivity index (χ2n) is 10.8. The molecule has 206 valence electrons. The summed E-state index contributed by atoms with van der Waals surface area (Å²) in [5.41, 5.74) is 12.6. The topological polar surface area (TPSA) is 86.3 Å². The van der Waals surface area contributed by atoms with Crippen molar-refractivity contribution in [2.75, 3.05) is 0 Å². The van der Waals surface area contributed by atoms with Crippen LogP contribution in [0.25, 0.3) is 6.08 Å². The Morgan fingerprint density at radius 3 is 2.23 bits per heavy atom. The maximum absolute atomic E-state index is 12.3. The standard InChI is InChI=1S/C33H42N4O2/c1-9-13-24-19(6)26(15-28-18(5)23(12-4)33(39)36-28)34-30(24)17-31-25(14-10-2)20(7)27(35-31)16-29-22(11-3)21(8)32(38)37-29/h11-12,15,29,31,34H,3-4,9-10,13-14,16-17H2,1-2,5-8H3,(H,36,39)(H,37,38). The van der Waals surface area contributed by atoms with E-state index in [2.05, 4.69) is 56.5 Å². The van der Waals surface area contributed by atoms with Crippen LogP contribution in [0.5, 0.6) is 0 Å². The van der Waals surface area contributed by atoms with Crippen LogP contribution in [-0.2, 0) is 22.4 Å². The summed E-state index contributed by atoms with van der Waals surface area (Å²) in [6, 6.07) is -0.00559. The summed E-state index contributed by atoms with van der Waals surface area (Å²) in [7, 11) is 0. The fourth-order valence-electron chi connectivity index (χ4n) is 6.14. The average Bonchev–Trinajstić information content (AvgIpc) is 3.54. The highest BCUT2D eigenvalue weighted by molar-refractivity contribution is 6.05. The number of H-pyrrole nitrogens is 1. The number of hydrogen-bond donors (Lipinski definition) is 3. The molecule has 1 aromatic heterocycles. The van der Waals surface area contributed by atoms with Crippen LogP contribution in [0.2, 0.25) is 0 Å². The van der Waals surface area contributed by atoms with E-state index in [4.69, 9.17) is 4.99 Å². The summed E-state index contributed by atoms with van der Waals surface area (Å²) in [4.78, 5) is 33.6. The van der Waals surface area contributed by atoms with Crippen LogP contribution in [-0.4, -0.2) is 34.6 Å². The first-order valence-electron chi connectivity index (χ1n) is 14.1. The summed E-state index contributed by atoms with van der Waals surface area (Å²) in [6.45, 7) is 20.3. The first kappa shape index (κ1) is 28.3. The normalized spacial score (nSPS) is 22.3. The first-order valence-corrected chi connectivity index (χ1v) is 14.1. The number of aliphatic imine (C=N–C) groups is 1. The van der Waals surface area contributed by atoms with Gasteiger partial charge < -0.3 is 15.6 Å². The van der Waals surface area contributed by atoms with Crippen molar-refractivity contribution in [3.63, 3.8) is 0 Å². The van der Waals surface area contributed by atoms with E-state index in [1.165, 1.54) is 28.0 Å². The van der Waals surface area contributed by atoms with Crippen LogP contribution >= 0.6 is 0 Å². The second-order valence-corrected chi connectivity index (χ2v) is 10.8. The number of carbonyl (C=O) groups excluding carboxylic acids is 2. The molecule has 4 rings (SSSR count). The molecule has 2 atom stereocenters. The number of amides is 2. The zero-order valence-electron chi connectivity index (χ0n) is 24.3. The Hall–Kier alpha value is -3.67. The number of nitrogens with one attached hydrogen (secondary N) is 3. The number of rotatable bonds is 11. The number of carbonyl (C=O) groups is 2. The molecule has 3 aliphatic heterocycles.